The van der Waals surface area contributed by atoms with Gasteiger partial charge in [-0.05, 0) is 49.3 Å². The Morgan fingerprint density at radius 3 is 2.44 bits per heavy atom. The van der Waals surface area contributed by atoms with Crippen LogP contribution < -0.4 is 10.2 Å². The molecule has 2 N–H and O–H groups in total. The zero-order valence-corrected chi connectivity index (χ0v) is 11.5. The summed E-state index contributed by atoms with van der Waals surface area (Å²) in [5, 5.41) is 13.5. The summed E-state index contributed by atoms with van der Waals surface area (Å²) in [7, 11) is 1.95. The Labute approximate surface area is 114 Å². The first-order valence-corrected chi connectivity index (χ1v) is 6.91. The number of thiocarbonyl (C=S) groups is 1. The summed E-state index contributed by atoms with van der Waals surface area (Å²) in [6.07, 6.45) is 6.36. The number of phenols is 1. The lowest BCUT2D eigenvalue weighted by Gasteiger charge is -2.28. The first kappa shape index (κ1) is 13.1. The van der Waals surface area contributed by atoms with Gasteiger partial charge in [0.2, 0.25) is 0 Å². The molecule has 3 nitrogen and oxygen atoms in total. The first-order chi connectivity index (χ1) is 8.66. The Hall–Kier alpha value is -1.29. The second-order valence-electron chi connectivity index (χ2n) is 4.86. The molecular weight excluding hydrogens is 244 g/mol. The van der Waals surface area contributed by atoms with Gasteiger partial charge in [-0.2, -0.15) is 0 Å². The van der Waals surface area contributed by atoms with Gasteiger partial charge in [0.15, 0.2) is 5.11 Å². The molecule has 2 rings (SSSR count). The van der Waals surface area contributed by atoms with Crippen LogP contribution in [0.4, 0.5) is 5.69 Å². The second kappa shape index (κ2) is 6.05. The molecule has 0 amide bonds. The van der Waals surface area contributed by atoms with E-state index in [0.29, 0.717) is 6.04 Å². The average Bonchev–Trinajstić information content (AvgIpc) is 2.40. The number of hydrogen-bond acceptors (Lipinski definition) is 2. The summed E-state index contributed by atoms with van der Waals surface area (Å²) in [6.45, 7) is 0. The number of hydrogen-bond donors (Lipinski definition) is 2. The van der Waals surface area contributed by atoms with Crippen LogP contribution in [-0.4, -0.2) is 23.3 Å². The second-order valence-corrected chi connectivity index (χ2v) is 5.25. The minimum Gasteiger partial charge on any atom is -0.508 e. The van der Waals surface area contributed by atoms with Crippen LogP contribution in [-0.2, 0) is 0 Å². The van der Waals surface area contributed by atoms with E-state index in [1.54, 1.807) is 12.1 Å². The first-order valence-electron chi connectivity index (χ1n) is 6.50. The molecule has 18 heavy (non-hydrogen) atoms. The van der Waals surface area contributed by atoms with Crippen LogP contribution in [0.15, 0.2) is 24.3 Å². The van der Waals surface area contributed by atoms with Crippen molar-refractivity contribution in [1.82, 2.24) is 5.32 Å². The normalized spacial score (nSPS) is 16.3. The Morgan fingerprint density at radius 1 is 1.22 bits per heavy atom. The molecule has 0 aliphatic heterocycles. The summed E-state index contributed by atoms with van der Waals surface area (Å²) < 4.78 is 0. The van der Waals surface area contributed by atoms with Crippen molar-refractivity contribution in [2.45, 2.75) is 38.1 Å². The maximum atomic E-state index is 9.27. The maximum Gasteiger partial charge on any atom is 0.173 e. The van der Waals surface area contributed by atoms with E-state index in [2.05, 4.69) is 5.32 Å². The van der Waals surface area contributed by atoms with Crippen LogP contribution in [0.1, 0.15) is 32.1 Å². The quantitative estimate of drug-likeness (QED) is 0.805. The maximum absolute atomic E-state index is 9.27. The van der Waals surface area contributed by atoms with Crippen LogP contribution in [0.5, 0.6) is 5.75 Å². The molecule has 0 bridgehead atoms. The van der Waals surface area contributed by atoms with Crippen molar-refractivity contribution in [1.29, 1.82) is 0 Å². The van der Waals surface area contributed by atoms with Crippen molar-refractivity contribution >= 4 is 23.0 Å². The zero-order chi connectivity index (χ0) is 13.0. The van der Waals surface area contributed by atoms with Gasteiger partial charge in [-0.25, -0.2) is 0 Å². The highest BCUT2D eigenvalue weighted by molar-refractivity contribution is 7.80. The number of nitrogens with one attached hydrogen (secondary N) is 1. The van der Waals surface area contributed by atoms with Crippen molar-refractivity contribution in [3.05, 3.63) is 24.3 Å². The van der Waals surface area contributed by atoms with Crippen molar-refractivity contribution < 1.29 is 5.11 Å². The minimum atomic E-state index is 0.276. The minimum absolute atomic E-state index is 0.276. The zero-order valence-electron chi connectivity index (χ0n) is 10.7. The van der Waals surface area contributed by atoms with Crippen LogP contribution >= 0.6 is 12.2 Å². The molecule has 0 unspecified atom stereocenters. The van der Waals surface area contributed by atoms with Crippen LogP contribution in [0.25, 0.3) is 0 Å². The van der Waals surface area contributed by atoms with Gasteiger partial charge < -0.3 is 15.3 Å². The van der Waals surface area contributed by atoms with Crippen molar-refractivity contribution in [3.63, 3.8) is 0 Å². The molecule has 1 aliphatic rings. The summed E-state index contributed by atoms with van der Waals surface area (Å²) >= 11 is 5.42. The van der Waals surface area contributed by atoms with E-state index < -0.39 is 0 Å². The Bertz CT molecular complexity index is 399. The third-order valence-electron chi connectivity index (χ3n) is 3.47. The number of anilines is 1. The summed E-state index contributed by atoms with van der Waals surface area (Å²) in [6, 6.07) is 7.60. The van der Waals surface area contributed by atoms with Gasteiger partial charge in [0.25, 0.3) is 0 Å². The third kappa shape index (κ3) is 3.35. The van der Waals surface area contributed by atoms with Crippen molar-refractivity contribution in [2.24, 2.45) is 0 Å². The SMILES string of the molecule is CN(C(=S)NC1CCCCC1)c1ccc(O)cc1. The molecule has 4 heteroatoms. The molecule has 1 aromatic carbocycles. The van der Waals surface area contributed by atoms with E-state index in [4.69, 9.17) is 12.2 Å². The monoisotopic (exact) mass is 264 g/mol. The number of benzene rings is 1. The fraction of sp³-hybridized carbons (Fsp3) is 0.500. The molecule has 0 heterocycles. The van der Waals surface area contributed by atoms with Crippen LogP contribution in [0, 0.1) is 0 Å². The molecule has 0 aromatic heterocycles. The number of aromatic hydroxyl groups is 1. The Morgan fingerprint density at radius 2 is 1.83 bits per heavy atom. The topological polar surface area (TPSA) is 35.5 Å². The molecule has 1 saturated carbocycles. The van der Waals surface area contributed by atoms with E-state index in [-0.39, 0.29) is 5.75 Å². The predicted molar refractivity (Wildman–Crippen MR) is 79.1 cm³/mol. The molecule has 98 valence electrons. The number of phenolic OH excluding ortho intramolecular Hbond substituents is 1. The van der Waals surface area contributed by atoms with E-state index in [1.807, 2.05) is 24.1 Å². The smallest absolute Gasteiger partial charge is 0.173 e. The fourth-order valence-corrected chi connectivity index (χ4v) is 2.58. The summed E-state index contributed by atoms with van der Waals surface area (Å²) in [4.78, 5) is 1.95. The summed E-state index contributed by atoms with van der Waals surface area (Å²) in [5.74, 6) is 0.276. The van der Waals surface area contributed by atoms with E-state index in [0.717, 1.165) is 10.8 Å². The largest absolute Gasteiger partial charge is 0.508 e. The highest BCUT2D eigenvalue weighted by atomic mass is 32.1. The van der Waals surface area contributed by atoms with Crippen molar-refractivity contribution in [3.8, 4) is 5.75 Å². The van der Waals surface area contributed by atoms with Crippen molar-refractivity contribution in [2.75, 3.05) is 11.9 Å². The van der Waals surface area contributed by atoms with Gasteiger partial charge in [0, 0.05) is 18.8 Å². The lowest BCUT2D eigenvalue weighted by atomic mass is 9.96. The fourth-order valence-electron chi connectivity index (χ4n) is 2.31. The lowest BCUT2D eigenvalue weighted by molar-refractivity contribution is 0.414. The van der Waals surface area contributed by atoms with Gasteiger partial charge in [-0.3, -0.25) is 0 Å². The predicted octanol–water partition coefficient (Wildman–Crippen LogP) is 3.04. The van der Waals surface area contributed by atoms with Gasteiger partial charge in [0.05, 0.1) is 0 Å². The molecule has 1 fully saturated rings. The Kier molecular flexibility index (Phi) is 4.42. The highest BCUT2D eigenvalue weighted by Gasteiger charge is 2.16. The molecule has 1 aliphatic carbocycles. The van der Waals surface area contributed by atoms with E-state index in [1.165, 1.54) is 32.1 Å². The molecule has 0 spiro atoms. The highest BCUT2D eigenvalue weighted by Crippen LogP contribution is 2.20. The van der Waals surface area contributed by atoms with Crippen LogP contribution in [0.3, 0.4) is 0 Å². The molecule has 0 saturated heterocycles. The molecule has 0 atom stereocenters. The molecular formula is C14H20N2OS. The van der Waals surface area contributed by atoms with Gasteiger partial charge >= 0.3 is 0 Å². The van der Waals surface area contributed by atoms with Crippen LogP contribution in [0.2, 0.25) is 0 Å². The number of rotatable bonds is 2. The van der Waals surface area contributed by atoms with Gasteiger partial charge in [-0.15, -0.1) is 0 Å². The van der Waals surface area contributed by atoms with E-state index >= 15 is 0 Å². The third-order valence-corrected chi connectivity index (χ3v) is 3.87. The molecule has 0 radical (unpaired) electrons. The number of nitrogens with zero attached hydrogens (tertiary/aromatic N) is 1. The summed E-state index contributed by atoms with van der Waals surface area (Å²) in [5.41, 5.74) is 0.987. The van der Waals surface area contributed by atoms with E-state index in [9.17, 15) is 5.11 Å². The van der Waals surface area contributed by atoms with Gasteiger partial charge in [0.1, 0.15) is 5.75 Å². The average molecular weight is 264 g/mol. The Balaban J connectivity index is 1.93. The lowest BCUT2D eigenvalue weighted by Crippen LogP contribution is -2.43. The standard InChI is InChI=1S/C14H20N2OS/c1-16(12-7-9-13(17)10-8-12)14(18)15-11-5-3-2-4-6-11/h7-11,17H,2-6H2,1H3,(H,15,18). The van der Waals surface area contributed by atoms with Gasteiger partial charge in [-0.1, -0.05) is 19.3 Å². The molecule has 1 aromatic rings.